The third-order valence-electron chi connectivity index (χ3n) is 4.92. The van der Waals surface area contributed by atoms with Gasteiger partial charge in [-0.05, 0) is 26.2 Å². The molecule has 120 valence electrons. The highest BCUT2D eigenvalue weighted by molar-refractivity contribution is 5.93. The lowest BCUT2D eigenvalue weighted by molar-refractivity contribution is -0.141. The number of nitrogens with zero attached hydrogens (tertiary/aromatic N) is 1. The molecule has 1 aliphatic carbocycles. The van der Waals surface area contributed by atoms with Gasteiger partial charge in [0, 0.05) is 6.54 Å². The molecule has 2 N–H and O–H groups in total. The first kappa shape index (κ1) is 16.1. The summed E-state index contributed by atoms with van der Waals surface area (Å²) in [6.07, 6.45) is 8.86. The van der Waals surface area contributed by atoms with Crippen LogP contribution in [0.25, 0.3) is 0 Å². The minimum Gasteiger partial charge on any atom is -0.465 e. The molecule has 0 aromatic rings. The van der Waals surface area contributed by atoms with Gasteiger partial charge in [-0.2, -0.15) is 0 Å². The Hall–Kier alpha value is -1.26. The van der Waals surface area contributed by atoms with Crippen molar-refractivity contribution in [3.8, 4) is 0 Å². The number of hydrogen-bond donors (Lipinski definition) is 2. The van der Waals surface area contributed by atoms with Crippen LogP contribution in [0.3, 0.4) is 0 Å². The van der Waals surface area contributed by atoms with Crippen LogP contribution in [0.5, 0.6) is 0 Å². The maximum atomic E-state index is 11.7. The second-order valence-electron chi connectivity index (χ2n) is 7.09. The second-order valence-corrected chi connectivity index (χ2v) is 7.09. The highest BCUT2D eigenvalue weighted by Crippen LogP contribution is 2.29. The number of nitrogens with one attached hydrogen (secondary N) is 1. The van der Waals surface area contributed by atoms with Crippen LogP contribution in [0, 0.1) is 5.92 Å². The fourth-order valence-corrected chi connectivity index (χ4v) is 3.76. The van der Waals surface area contributed by atoms with E-state index in [0.29, 0.717) is 6.54 Å². The molecule has 0 aromatic heterocycles. The number of hydrogen-bond acceptors (Lipinski definition) is 2. The number of unbranched alkanes of at least 4 members (excludes halogenated alkanes) is 1. The van der Waals surface area contributed by atoms with Crippen molar-refractivity contribution < 1.29 is 14.7 Å². The monoisotopic (exact) mass is 296 g/mol. The third-order valence-corrected chi connectivity index (χ3v) is 4.92. The van der Waals surface area contributed by atoms with Gasteiger partial charge in [-0.1, -0.05) is 44.9 Å². The van der Waals surface area contributed by atoms with Crippen LogP contribution >= 0.6 is 0 Å². The SMILES string of the molecule is CC1(C)NC(=O)[C@@H]1N(CCCCC1CCCCC1)C(=O)O. The van der Waals surface area contributed by atoms with E-state index in [9.17, 15) is 14.7 Å². The first-order valence-electron chi connectivity index (χ1n) is 8.23. The van der Waals surface area contributed by atoms with Gasteiger partial charge in [-0.25, -0.2) is 4.79 Å². The molecule has 1 atom stereocenters. The molecule has 21 heavy (non-hydrogen) atoms. The minimum atomic E-state index is -0.986. The quantitative estimate of drug-likeness (QED) is 0.585. The lowest BCUT2D eigenvalue weighted by Gasteiger charge is -2.48. The van der Waals surface area contributed by atoms with Gasteiger partial charge in [0.2, 0.25) is 5.91 Å². The summed E-state index contributed by atoms with van der Waals surface area (Å²) in [5, 5.41) is 12.1. The third kappa shape index (κ3) is 3.89. The Morgan fingerprint density at radius 2 is 1.95 bits per heavy atom. The normalized spacial score (nSPS) is 25.0. The molecule has 0 radical (unpaired) electrons. The Balaban J connectivity index is 1.75. The molecule has 0 aromatic carbocycles. The number of carbonyl (C=O) groups excluding carboxylic acids is 1. The lowest BCUT2D eigenvalue weighted by atomic mass is 9.84. The van der Waals surface area contributed by atoms with Gasteiger partial charge in [0.15, 0.2) is 0 Å². The van der Waals surface area contributed by atoms with E-state index in [0.717, 1.165) is 18.8 Å². The molecule has 1 heterocycles. The fraction of sp³-hybridized carbons (Fsp3) is 0.875. The van der Waals surface area contributed by atoms with Crippen LogP contribution in [0.2, 0.25) is 0 Å². The van der Waals surface area contributed by atoms with Gasteiger partial charge in [0.25, 0.3) is 0 Å². The number of amides is 2. The maximum Gasteiger partial charge on any atom is 0.408 e. The van der Waals surface area contributed by atoms with Crippen molar-refractivity contribution in [2.45, 2.75) is 76.8 Å². The van der Waals surface area contributed by atoms with Crippen LogP contribution in [0.15, 0.2) is 0 Å². The molecule has 1 saturated carbocycles. The molecule has 0 bridgehead atoms. The van der Waals surface area contributed by atoms with Gasteiger partial charge >= 0.3 is 6.09 Å². The first-order chi connectivity index (χ1) is 9.92. The van der Waals surface area contributed by atoms with Crippen molar-refractivity contribution in [1.29, 1.82) is 0 Å². The van der Waals surface area contributed by atoms with Gasteiger partial charge < -0.3 is 10.4 Å². The van der Waals surface area contributed by atoms with E-state index in [1.807, 2.05) is 13.8 Å². The molecule has 1 aliphatic heterocycles. The maximum absolute atomic E-state index is 11.7. The van der Waals surface area contributed by atoms with E-state index >= 15 is 0 Å². The zero-order valence-corrected chi connectivity index (χ0v) is 13.2. The van der Waals surface area contributed by atoms with Crippen molar-refractivity contribution in [2.24, 2.45) is 5.92 Å². The van der Waals surface area contributed by atoms with Crippen molar-refractivity contribution >= 4 is 12.0 Å². The average Bonchev–Trinajstić information content (AvgIpc) is 2.42. The largest absolute Gasteiger partial charge is 0.465 e. The Labute approximate surface area is 127 Å². The van der Waals surface area contributed by atoms with E-state index in [-0.39, 0.29) is 5.91 Å². The van der Waals surface area contributed by atoms with E-state index in [2.05, 4.69) is 5.32 Å². The molecule has 5 heteroatoms. The minimum absolute atomic E-state index is 0.172. The van der Waals surface area contributed by atoms with E-state index in [4.69, 9.17) is 0 Å². The summed E-state index contributed by atoms with van der Waals surface area (Å²) in [5.41, 5.74) is -0.446. The molecular formula is C16H28N2O3. The van der Waals surface area contributed by atoms with Gasteiger partial charge in [0.05, 0.1) is 5.54 Å². The summed E-state index contributed by atoms with van der Waals surface area (Å²) < 4.78 is 0. The average molecular weight is 296 g/mol. The second kappa shape index (κ2) is 6.67. The Morgan fingerprint density at radius 3 is 2.48 bits per heavy atom. The Morgan fingerprint density at radius 1 is 1.29 bits per heavy atom. The molecule has 2 aliphatic rings. The molecule has 0 unspecified atom stereocenters. The Bertz CT molecular complexity index is 389. The number of rotatable bonds is 6. The standard InChI is InChI=1S/C16H28N2O3/c1-16(2)13(14(19)17-16)18(15(20)21)11-7-6-10-12-8-4-3-5-9-12/h12-13H,3-11H2,1-2H3,(H,17,19)(H,20,21)/t13-/m0/s1. The van der Waals surface area contributed by atoms with Gasteiger partial charge in [-0.3, -0.25) is 9.69 Å². The number of carboxylic acid groups (broad SMARTS) is 1. The number of β-lactam (4-membered cyclic amide) rings is 1. The lowest BCUT2D eigenvalue weighted by Crippen LogP contribution is -2.75. The molecule has 5 nitrogen and oxygen atoms in total. The van der Waals surface area contributed by atoms with Crippen LogP contribution in [0.4, 0.5) is 4.79 Å². The van der Waals surface area contributed by atoms with Crippen LogP contribution < -0.4 is 5.32 Å². The van der Waals surface area contributed by atoms with Gasteiger partial charge in [0.1, 0.15) is 6.04 Å². The molecule has 2 fully saturated rings. The zero-order valence-electron chi connectivity index (χ0n) is 13.2. The summed E-state index contributed by atoms with van der Waals surface area (Å²) in [4.78, 5) is 24.4. The number of carbonyl (C=O) groups is 2. The smallest absolute Gasteiger partial charge is 0.408 e. The highest BCUT2D eigenvalue weighted by Gasteiger charge is 2.51. The van der Waals surface area contributed by atoms with E-state index < -0.39 is 17.7 Å². The summed E-state index contributed by atoms with van der Waals surface area (Å²) in [5.74, 6) is 0.662. The fourth-order valence-electron chi connectivity index (χ4n) is 3.76. The van der Waals surface area contributed by atoms with Crippen molar-refractivity contribution in [2.75, 3.05) is 6.54 Å². The Kier molecular flexibility index (Phi) is 5.12. The van der Waals surface area contributed by atoms with Crippen LogP contribution in [-0.2, 0) is 4.79 Å². The van der Waals surface area contributed by atoms with Crippen molar-refractivity contribution in [3.05, 3.63) is 0 Å². The van der Waals surface area contributed by atoms with Gasteiger partial charge in [-0.15, -0.1) is 0 Å². The molecule has 2 rings (SSSR count). The summed E-state index contributed by atoms with van der Waals surface area (Å²) in [7, 11) is 0. The molecular weight excluding hydrogens is 268 g/mol. The predicted octanol–water partition coefficient (Wildman–Crippen LogP) is 2.99. The highest BCUT2D eigenvalue weighted by atomic mass is 16.4. The summed E-state index contributed by atoms with van der Waals surface area (Å²) in [6, 6.07) is -0.537. The summed E-state index contributed by atoms with van der Waals surface area (Å²) in [6.45, 7) is 4.21. The van der Waals surface area contributed by atoms with Crippen LogP contribution in [0.1, 0.15) is 65.2 Å². The van der Waals surface area contributed by atoms with Crippen LogP contribution in [-0.4, -0.2) is 40.1 Å². The predicted molar refractivity (Wildman–Crippen MR) is 81.2 cm³/mol. The molecule has 1 saturated heterocycles. The van der Waals surface area contributed by atoms with E-state index in [1.54, 1.807) is 0 Å². The van der Waals surface area contributed by atoms with E-state index in [1.165, 1.54) is 43.4 Å². The first-order valence-corrected chi connectivity index (χ1v) is 8.23. The van der Waals surface area contributed by atoms with Crippen molar-refractivity contribution in [3.63, 3.8) is 0 Å². The summed E-state index contributed by atoms with van der Waals surface area (Å²) >= 11 is 0. The van der Waals surface area contributed by atoms with Crippen molar-refractivity contribution in [1.82, 2.24) is 10.2 Å². The molecule has 2 amide bonds. The topological polar surface area (TPSA) is 69.6 Å². The zero-order chi connectivity index (χ0) is 15.5. The molecule has 0 spiro atoms.